The van der Waals surface area contributed by atoms with E-state index in [0.717, 1.165) is 19.3 Å². The van der Waals surface area contributed by atoms with E-state index in [1.165, 1.54) is 6.42 Å². The Bertz CT molecular complexity index is 344. The van der Waals surface area contributed by atoms with Crippen LogP contribution in [0.25, 0.3) is 0 Å². The van der Waals surface area contributed by atoms with Crippen molar-refractivity contribution in [3.8, 4) is 0 Å². The van der Waals surface area contributed by atoms with Crippen molar-refractivity contribution in [3.05, 3.63) is 0 Å². The van der Waals surface area contributed by atoms with Crippen molar-refractivity contribution in [3.63, 3.8) is 0 Å². The second-order valence-electron chi connectivity index (χ2n) is 6.51. The third kappa shape index (κ3) is 5.02. The molecule has 2 N–H and O–H groups in total. The van der Waals surface area contributed by atoms with Crippen molar-refractivity contribution >= 4 is 12.0 Å². The number of carbonyl (C=O) groups excluding carboxylic acids is 1. The number of carbonyl (C=O) groups is 2. The zero-order valence-corrected chi connectivity index (χ0v) is 13.1. The molecule has 20 heavy (non-hydrogen) atoms. The lowest BCUT2D eigenvalue weighted by Crippen LogP contribution is -2.50. The van der Waals surface area contributed by atoms with E-state index in [1.807, 2.05) is 13.8 Å². The Hall–Kier alpha value is -1.26. The van der Waals surface area contributed by atoms with Gasteiger partial charge < -0.3 is 15.3 Å². The maximum Gasteiger partial charge on any atom is 0.326 e. The average molecular weight is 284 g/mol. The van der Waals surface area contributed by atoms with Gasteiger partial charge in [-0.15, -0.1) is 0 Å². The summed E-state index contributed by atoms with van der Waals surface area (Å²) in [5.41, 5.74) is 0. The number of rotatable bonds is 5. The van der Waals surface area contributed by atoms with Gasteiger partial charge in [-0.1, -0.05) is 33.6 Å². The maximum absolute atomic E-state index is 12.2. The number of hydrogen-bond acceptors (Lipinski definition) is 2. The van der Waals surface area contributed by atoms with Crippen LogP contribution in [0.4, 0.5) is 4.79 Å². The lowest BCUT2D eigenvalue weighted by atomic mass is 9.86. The molecule has 0 saturated heterocycles. The van der Waals surface area contributed by atoms with Gasteiger partial charge in [0, 0.05) is 13.1 Å². The minimum absolute atomic E-state index is 0.229. The Morgan fingerprint density at radius 1 is 1.35 bits per heavy atom. The van der Waals surface area contributed by atoms with Crippen molar-refractivity contribution in [2.75, 3.05) is 7.05 Å². The summed E-state index contributed by atoms with van der Waals surface area (Å²) in [5.74, 6) is -0.0937. The number of carboxylic acid groups (broad SMARTS) is 1. The van der Waals surface area contributed by atoms with Gasteiger partial charge in [-0.3, -0.25) is 0 Å². The van der Waals surface area contributed by atoms with Crippen molar-refractivity contribution in [2.24, 2.45) is 11.8 Å². The largest absolute Gasteiger partial charge is 0.480 e. The molecule has 1 saturated carbocycles. The highest BCUT2D eigenvalue weighted by Gasteiger charge is 2.28. The molecular formula is C15H28N2O3. The van der Waals surface area contributed by atoms with Gasteiger partial charge in [0.2, 0.25) is 0 Å². The van der Waals surface area contributed by atoms with Crippen LogP contribution in [0, 0.1) is 11.8 Å². The summed E-state index contributed by atoms with van der Waals surface area (Å²) >= 11 is 0. The molecule has 116 valence electrons. The molecule has 0 radical (unpaired) electrons. The molecule has 0 aromatic heterocycles. The van der Waals surface area contributed by atoms with Gasteiger partial charge >= 0.3 is 12.0 Å². The highest BCUT2D eigenvalue weighted by atomic mass is 16.4. The number of nitrogens with zero attached hydrogens (tertiary/aromatic N) is 1. The zero-order valence-electron chi connectivity index (χ0n) is 13.1. The number of amides is 2. The fourth-order valence-corrected chi connectivity index (χ4v) is 2.86. The van der Waals surface area contributed by atoms with E-state index in [0.29, 0.717) is 12.3 Å². The number of nitrogens with one attached hydrogen (secondary N) is 1. The first kappa shape index (κ1) is 16.8. The Labute approximate surface area is 121 Å². The standard InChI is InChI=1S/C15H28N2O3/c1-10(2)8-13(14(18)19)16-15(20)17(4)12-7-5-6-11(3)9-12/h10-13H,5-9H2,1-4H3,(H,16,20)(H,18,19)/t11?,12?,13-/m0/s1. The van der Waals surface area contributed by atoms with E-state index in [-0.39, 0.29) is 18.0 Å². The molecule has 0 bridgehead atoms. The predicted octanol–water partition coefficient (Wildman–Crippen LogP) is 2.71. The van der Waals surface area contributed by atoms with Crippen molar-refractivity contribution in [1.29, 1.82) is 0 Å². The van der Waals surface area contributed by atoms with E-state index in [2.05, 4.69) is 12.2 Å². The smallest absolute Gasteiger partial charge is 0.326 e. The molecule has 1 aliphatic carbocycles. The lowest BCUT2D eigenvalue weighted by Gasteiger charge is -2.34. The fourth-order valence-electron chi connectivity index (χ4n) is 2.86. The molecule has 0 aromatic rings. The summed E-state index contributed by atoms with van der Waals surface area (Å²) in [6.45, 7) is 6.11. The van der Waals surface area contributed by atoms with Gasteiger partial charge in [0.05, 0.1) is 0 Å². The van der Waals surface area contributed by atoms with Crippen LogP contribution in [0.15, 0.2) is 0 Å². The summed E-state index contributed by atoms with van der Waals surface area (Å²) in [4.78, 5) is 25.1. The zero-order chi connectivity index (χ0) is 15.3. The fraction of sp³-hybridized carbons (Fsp3) is 0.867. The van der Waals surface area contributed by atoms with Gasteiger partial charge in [-0.05, 0) is 31.1 Å². The molecule has 5 nitrogen and oxygen atoms in total. The lowest BCUT2D eigenvalue weighted by molar-refractivity contribution is -0.139. The van der Waals surface area contributed by atoms with Gasteiger partial charge in [0.25, 0.3) is 0 Å². The molecule has 1 aliphatic rings. The summed E-state index contributed by atoms with van der Waals surface area (Å²) in [5, 5.41) is 11.8. The quantitative estimate of drug-likeness (QED) is 0.815. The molecule has 0 spiro atoms. The van der Waals surface area contributed by atoms with Crippen LogP contribution in [0.3, 0.4) is 0 Å². The maximum atomic E-state index is 12.2. The highest BCUT2D eigenvalue weighted by Crippen LogP contribution is 2.26. The molecule has 2 unspecified atom stereocenters. The minimum atomic E-state index is -0.961. The van der Waals surface area contributed by atoms with E-state index < -0.39 is 12.0 Å². The number of aliphatic carboxylic acids is 1. The number of carboxylic acids is 1. The van der Waals surface area contributed by atoms with Crippen LogP contribution in [0.5, 0.6) is 0 Å². The van der Waals surface area contributed by atoms with Crippen LogP contribution < -0.4 is 5.32 Å². The molecule has 2 amide bonds. The number of hydrogen-bond donors (Lipinski definition) is 2. The summed E-state index contributed by atoms with van der Waals surface area (Å²) < 4.78 is 0. The summed E-state index contributed by atoms with van der Waals surface area (Å²) in [6, 6.07) is -0.838. The first-order valence-corrected chi connectivity index (χ1v) is 7.57. The van der Waals surface area contributed by atoms with Gasteiger partial charge in [-0.2, -0.15) is 0 Å². The summed E-state index contributed by atoms with van der Waals surface area (Å²) in [6.07, 6.45) is 4.83. The Morgan fingerprint density at radius 2 is 2.00 bits per heavy atom. The van der Waals surface area contributed by atoms with E-state index in [9.17, 15) is 14.7 Å². The molecule has 0 aliphatic heterocycles. The molecular weight excluding hydrogens is 256 g/mol. The van der Waals surface area contributed by atoms with Crippen LogP contribution in [-0.4, -0.2) is 41.1 Å². The van der Waals surface area contributed by atoms with E-state index >= 15 is 0 Å². The second kappa shape index (κ2) is 7.50. The Morgan fingerprint density at radius 3 is 2.50 bits per heavy atom. The molecule has 3 atom stereocenters. The van der Waals surface area contributed by atoms with Crippen molar-refractivity contribution < 1.29 is 14.7 Å². The highest BCUT2D eigenvalue weighted by molar-refractivity contribution is 5.82. The third-order valence-electron chi connectivity index (χ3n) is 4.08. The van der Waals surface area contributed by atoms with E-state index in [1.54, 1.807) is 11.9 Å². The van der Waals surface area contributed by atoms with Crippen LogP contribution in [-0.2, 0) is 4.79 Å². The van der Waals surface area contributed by atoms with Gasteiger partial charge in [0.15, 0.2) is 0 Å². The molecule has 1 rings (SSSR count). The second-order valence-corrected chi connectivity index (χ2v) is 6.51. The van der Waals surface area contributed by atoms with Crippen LogP contribution >= 0.6 is 0 Å². The van der Waals surface area contributed by atoms with Crippen molar-refractivity contribution in [1.82, 2.24) is 10.2 Å². The SMILES string of the molecule is CC(C)C[C@H](NC(=O)N(C)C1CCCC(C)C1)C(=O)O. The molecule has 0 aromatic carbocycles. The van der Waals surface area contributed by atoms with E-state index in [4.69, 9.17) is 0 Å². The molecule has 1 fully saturated rings. The minimum Gasteiger partial charge on any atom is -0.480 e. The monoisotopic (exact) mass is 284 g/mol. The summed E-state index contributed by atoms with van der Waals surface area (Å²) in [7, 11) is 1.77. The third-order valence-corrected chi connectivity index (χ3v) is 4.08. The van der Waals surface area contributed by atoms with Gasteiger partial charge in [-0.25, -0.2) is 9.59 Å². The van der Waals surface area contributed by atoms with Gasteiger partial charge in [0.1, 0.15) is 6.04 Å². The topological polar surface area (TPSA) is 69.6 Å². The van der Waals surface area contributed by atoms with Crippen LogP contribution in [0.1, 0.15) is 52.9 Å². The first-order chi connectivity index (χ1) is 9.31. The number of urea groups is 1. The Balaban J connectivity index is 2.56. The predicted molar refractivity (Wildman–Crippen MR) is 78.6 cm³/mol. The normalized spacial score (nSPS) is 24.2. The molecule has 5 heteroatoms. The van der Waals surface area contributed by atoms with Crippen molar-refractivity contribution in [2.45, 2.75) is 65.0 Å². The molecule has 0 heterocycles. The van der Waals surface area contributed by atoms with Crippen LogP contribution in [0.2, 0.25) is 0 Å². The first-order valence-electron chi connectivity index (χ1n) is 7.57. The average Bonchev–Trinajstić information content (AvgIpc) is 2.36. The Kier molecular flexibility index (Phi) is 6.30.